The third-order valence-corrected chi connectivity index (χ3v) is 3.74. The van der Waals surface area contributed by atoms with Gasteiger partial charge in [-0.2, -0.15) is 0 Å². The molecule has 0 aliphatic carbocycles. The first-order valence-corrected chi connectivity index (χ1v) is 8.84. The zero-order chi connectivity index (χ0) is 20.5. The Morgan fingerprint density at radius 1 is 0.862 bits per heavy atom. The molecule has 7 nitrogen and oxygen atoms in total. The Labute approximate surface area is 166 Å². The van der Waals surface area contributed by atoms with Crippen LogP contribution in [-0.2, 0) is 11.4 Å². The average Bonchev–Trinajstić information content (AvgIpc) is 3.22. The minimum atomic E-state index is -0.594. The summed E-state index contributed by atoms with van der Waals surface area (Å²) in [6.07, 6.45) is 0.00593. The molecule has 0 atom stereocenters. The second-order valence-corrected chi connectivity index (χ2v) is 5.92. The number of furan rings is 1. The predicted octanol–water partition coefficient (Wildman–Crippen LogP) is 3.23. The lowest BCUT2D eigenvalue weighted by molar-refractivity contribution is -0.122. The first-order valence-electron chi connectivity index (χ1n) is 8.84. The molecule has 0 unspecified atom stereocenters. The van der Waals surface area contributed by atoms with Crippen molar-refractivity contribution >= 4 is 11.8 Å². The van der Waals surface area contributed by atoms with Crippen molar-refractivity contribution in [1.29, 1.82) is 0 Å². The van der Waals surface area contributed by atoms with Gasteiger partial charge in [0.15, 0.2) is 5.76 Å². The monoisotopic (exact) mass is 398 g/mol. The number of rotatable bonds is 8. The zero-order valence-corrected chi connectivity index (χ0v) is 15.4. The smallest absolute Gasteiger partial charge is 0.305 e. The Balaban J connectivity index is 1.37. The highest BCUT2D eigenvalue weighted by atomic mass is 19.1. The number of ether oxygens (including phenoxy) is 2. The number of carbonyl (C=O) groups is 2. The molecular formula is C21H19FN2O5. The molecule has 0 bridgehead atoms. The van der Waals surface area contributed by atoms with Gasteiger partial charge in [0.05, 0.1) is 13.0 Å². The maximum absolute atomic E-state index is 12.8. The summed E-state index contributed by atoms with van der Waals surface area (Å²) in [6, 6.07) is 17.8. The molecule has 0 spiro atoms. The number of halogens is 1. The molecule has 150 valence electrons. The SMILES string of the molecule is O=C(CCOc1ccc(F)cc1)NNC(=O)c1ccc(COc2ccccc2)o1. The maximum atomic E-state index is 12.8. The molecule has 2 amide bonds. The normalized spacial score (nSPS) is 10.2. The first-order chi connectivity index (χ1) is 14.1. The summed E-state index contributed by atoms with van der Waals surface area (Å²) in [4.78, 5) is 23.8. The highest BCUT2D eigenvalue weighted by Crippen LogP contribution is 2.14. The summed E-state index contributed by atoms with van der Waals surface area (Å²) in [5.41, 5.74) is 4.54. The van der Waals surface area contributed by atoms with Gasteiger partial charge in [-0.1, -0.05) is 18.2 Å². The van der Waals surface area contributed by atoms with Gasteiger partial charge in [-0.25, -0.2) is 4.39 Å². The van der Waals surface area contributed by atoms with Gasteiger partial charge in [-0.05, 0) is 48.5 Å². The Morgan fingerprint density at radius 2 is 1.59 bits per heavy atom. The molecule has 0 aliphatic heterocycles. The van der Waals surface area contributed by atoms with Gasteiger partial charge in [0, 0.05) is 0 Å². The van der Waals surface area contributed by atoms with Crippen molar-refractivity contribution in [3.05, 3.63) is 84.1 Å². The molecule has 0 saturated carbocycles. The van der Waals surface area contributed by atoms with E-state index in [9.17, 15) is 14.0 Å². The number of hydrazine groups is 1. The number of hydrogen-bond donors (Lipinski definition) is 2. The Morgan fingerprint density at radius 3 is 2.34 bits per heavy atom. The molecule has 3 rings (SSSR count). The molecule has 0 saturated heterocycles. The van der Waals surface area contributed by atoms with E-state index in [1.807, 2.05) is 30.3 Å². The van der Waals surface area contributed by atoms with Crippen LogP contribution in [0.1, 0.15) is 22.7 Å². The van der Waals surface area contributed by atoms with Crippen molar-refractivity contribution in [2.24, 2.45) is 0 Å². The van der Waals surface area contributed by atoms with Crippen molar-refractivity contribution < 1.29 is 27.9 Å². The molecule has 3 aromatic rings. The second-order valence-electron chi connectivity index (χ2n) is 5.92. The van der Waals surface area contributed by atoms with Crippen LogP contribution in [0.2, 0.25) is 0 Å². The standard InChI is InChI=1S/C21H19FN2O5/c22-15-6-8-17(9-7-15)27-13-12-20(25)23-24-21(26)19-11-10-18(29-19)14-28-16-4-2-1-3-5-16/h1-11H,12-14H2,(H,23,25)(H,24,26). The molecule has 2 N–H and O–H groups in total. The predicted molar refractivity (Wildman–Crippen MR) is 102 cm³/mol. The Kier molecular flexibility index (Phi) is 6.83. The minimum absolute atomic E-state index is 0.00593. The topological polar surface area (TPSA) is 89.8 Å². The van der Waals surface area contributed by atoms with Crippen LogP contribution in [0.4, 0.5) is 4.39 Å². The van der Waals surface area contributed by atoms with E-state index in [4.69, 9.17) is 13.9 Å². The van der Waals surface area contributed by atoms with Gasteiger partial charge >= 0.3 is 5.91 Å². The molecule has 2 aromatic carbocycles. The van der Waals surface area contributed by atoms with Crippen LogP contribution < -0.4 is 20.3 Å². The highest BCUT2D eigenvalue weighted by molar-refractivity contribution is 5.92. The number of hydrogen-bond acceptors (Lipinski definition) is 5. The van der Waals surface area contributed by atoms with Gasteiger partial charge in [-0.15, -0.1) is 0 Å². The molecule has 0 aliphatic rings. The van der Waals surface area contributed by atoms with Gasteiger partial charge in [0.1, 0.15) is 29.7 Å². The van der Waals surface area contributed by atoms with E-state index in [1.54, 1.807) is 6.07 Å². The molecule has 1 aromatic heterocycles. The summed E-state index contributed by atoms with van der Waals surface area (Å²) in [5.74, 6) is 0.237. The van der Waals surface area contributed by atoms with E-state index < -0.39 is 11.8 Å². The van der Waals surface area contributed by atoms with E-state index in [0.29, 0.717) is 17.3 Å². The van der Waals surface area contributed by atoms with E-state index in [0.717, 1.165) is 0 Å². The fourth-order valence-electron chi connectivity index (χ4n) is 2.29. The molecule has 29 heavy (non-hydrogen) atoms. The van der Waals surface area contributed by atoms with Gasteiger partial charge in [0.25, 0.3) is 0 Å². The van der Waals surface area contributed by atoms with Crippen LogP contribution in [0.15, 0.2) is 71.1 Å². The number of para-hydroxylation sites is 1. The van der Waals surface area contributed by atoms with Gasteiger partial charge < -0.3 is 13.9 Å². The van der Waals surface area contributed by atoms with Gasteiger partial charge in [-0.3, -0.25) is 20.4 Å². The van der Waals surface area contributed by atoms with Gasteiger partial charge in [0.2, 0.25) is 5.91 Å². The van der Waals surface area contributed by atoms with Crippen molar-refractivity contribution in [2.45, 2.75) is 13.0 Å². The first kappa shape index (κ1) is 19.9. The molecule has 0 fully saturated rings. The lowest BCUT2D eigenvalue weighted by atomic mass is 10.3. The fraction of sp³-hybridized carbons (Fsp3) is 0.143. The minimum Gasteiger partial charge on any atom is -0.493 e. The van der Waals surface area contributed by atoms with E-state index >= 15 is 0 Å². The summed E-state index contributed by atoms with van der Waals surface area (Å²) in [5, 5.41) is 0. The highest BCUT2D eigenvalue weighted by Gasteiger charge is 2.12. The molecule has 0 radical (unpaired) electrons. The van der Waals surface area contributed by atoms with Crippen molar-refractivity contribution in [1.82, 2.24) is 10.9 Å². The third kappa shape index (κ3) is 6.39. The molecule has 1 heterocycles. The maximum Gasteiger partial charge on any atom is 0.305 e. The number of nitrogens with one attached hydrogen (secondary N) is 2. The number of carbonyl (C=O) groups excluding carboxylic acids is 2. The van der Waals surface area contributed by atoms with Crippen LogP contribution in [-0.4, -0.2) is 18.4 Å². The van der Waals surface area contributed by atoms with Crippen LogP contribution in [0.5, 0.6) is 11.5 Å². The van der Waals surface area contributed by atoms with E-state index in [-0.39, 0.29) is 31.2 Å². The van der Waals surface area contributed by atoms with Crippen LogP contribution >= 0.6 is 0 Å². The van der Waals surface area contributed by atoms with Crippen LogP contribution in [0.3, 0.4) is 0 Å². The second kappa shape index (κ2) is 9.93. The quantitative estimate of drug-likeness (QED) is 0.569. The lowest BCUT2D eigenvalue weighted by Gasteiger charge is -2.08. The number of amides is 2. The fourth-order valence-corrected chi connectivity index (χ4v) is 2.29. The van der Waals surface area contributed by atoms with Crippen molar-refractivity contribution in [2.75, 3.05) is 6.61 Å². The average molecular weight is 398 g/mol. The third-order valence-electron chi connectivity index (χ3n) is 3.74. The summed E-state index contributed by atoms with van der Waals surface area (Å²) in [7, 11) is 0. The molecule has 8 heteroatoms. The van der Waals surface area contributed by atoms with Crippen molar-refractivity contribution in [3.63, 3.8) is 0 Å². The summed E-state index contributed by atoms with van der Waals surface area (Å²) < 4.78 is 29.1. The van der Waals surface area contributed by atoms with Crippen molar-refractivity contribution in [3.8, 4) is 11.5 Å². The van der Waals surface area contributed by atoms with Crippen LogP contribution in [0, 0.1) is 5.82 Å². The van der Waals surface area contributed by atoms with E-state index in [2.05, 4.69) is 10.9 Å². The van der Waals surface area contributed by atoms with E-state index in [1.165, 1.54) is 30.3 Å². The Bertz CT molecular complexity index is 941. The summed E-state index contributed by atoms with van der Waals surface area (Å²) in [6.45, 7) is 0.249. The Hall–Kier alpha value is -3.81. The number of benzene rings is 2. The largest absolute Gasteiger partial charge is 0.493 e. The lowest BCUT2D eigenvalue weighted by Crippen LogP contribution is -2.41. The summed E-state index contributed by atoms with van der Waals surface area (Å²) >= 11 is 0. The zero-order valence-electron chi connectivity index (χ0n) is 15.4. The van der Waals surface area contributed by atoms with Crippen LogP contribution in [0.25, 0.3) is 0 Å². The molecular weight excluding hydrogens is 379 g/mol.